The molecule has 0 bridgehead atoms. The standard InChI is InChI=1S/C13H18O6/c1-7-4-2-3-5-8(7)18-13-12(17)11(16)10(15)9(6-14)19-13/h2-5,9-17H,6H2,1H3/t9-,10+,11+,12+,13-/m1/s1. The zero-order chi connectivity index (χ0) is 14.0. The summed E-state index contributed by atoms with van der Waals surface area (Å²) >= 11 is 0. The maximum absolute atomic E-state index is 9.83. The van der Waals surface area contributed by atoms with Crippen LogP contribution in [0.3, 0.4) is 0 Å². The molecule has 0 aromatic heterocycles. The van der Waals surface area contributed by atoms with Crippen molar-refractivity contribution in [1.82, 2.24) is 0 Å². The average molecular weight is 270 g/mol. The Labute approximate surface area is 110 Å². The van der Waals surface area contributed by atoms with E-state index in [9.17, 15) is 15.3 Å². The number of benzene rings is 1. The second kappa shape index (κ2) is 5.85. The van der Waals surface area contributed by atoms with Gasteiger partial charge in [-0.25, -0.2) is 0 Å². The summed E-state index contributed by atoms with van der Waals surface area (Å²) in [6.45, 7) is 1.36. The normalized spacial score (nSPS) is 35.1. The van der Waals surface area contributed by atoms with Crippen LogP contribution in [0.5, 0.6) is 5.75 Å². The number of hydrogen-bond acceptors (Lipinski definition) is 6. The Morgan fingerprint density at radius 3 is 2.42 bits per heavy atom. The highest BCUT2D eigenvalue weighted by atomic mass is 16.7. The molecule has 1 heterocycles. The summed E-state index contributed by atoms with van der Waals surface area (Å²) in [7, 11) is 0. The first-order chi connectivity index (χ1) is 9.04. The molecule has 0 aliphatic carbocycles. The number of aliphatic hydroxyl groups is 4. The van der Waals surface area contributed by atoms with Gasteiger partial charge in [-0.05, 0) is 18.6 Å². The molecule has 0 unspecified atom stereocenters. The topological polar surface area (TPSA) is 99.4 Å². The molecular weight excluding hydrogens is 252 g/mol. The largest absolute Gasteiger partial charge is 0.462 e. The molecule has 5 atom stereocenters. The van der Waals surface area contributed by atoms with Crippen LogP contribution in [0.4, 0.5) is 0 Å². The highest BCUT2D eigenvalue weighted by Gasteiger charge is 2.44. The quantitative estimate of drug-likeness (QED) is 0.572. The van der Waals surface area contributed by atoms with Gasteiger partial charge in [0, 0.05) is 0 Å². The summed E-state index contributed by atoms with van der Waals surface area (Å²) in [4.78, 5) is 0. The minimum absolute atomic E-state index is 0.474. The maximum atomic E-state index is 9.83. The Bertz CT molecular complexity index is 421. The van der Waals surface area contributed by atoms with E-state index in [2.05, 4.69) is 0 Å². The number of ether oxygens (including phenoxy) is 2. The number of aliphatic hydroxyl groups excluding tert-OH is 4. The van der Waals surface area contributed by atoms with Crippen LogP contribution in [0, 0.1) is 6.92 Å². The monoisotopic (exact) mass is 270 g/mol. The lowest BCUT2D eigenvalue weighted by Gasteiger charge is -2.39. The average Bonchev–Trinajstić information content (AvgIpc) is 2.41. The Morgan fingerprint density at radius 1 is 1.11 bits per heavy atom. The molecular formula is C13H18O6. The van der Waals surface area contributed by atoms with Gasteiger partial charge in [0.25, 0.3) is 0 Å². The van der Waals surface area contributed by atoms with Gasteiger partial charge < -0.3 is 29.9 Å². The van der Waals surface area contributed by atoms with Crippen molar-refractivity contribution in [3.05, 3.63) is 29.8 Å². The summed E-state index contributed by atoms with van der Waals surface area (Å²) in [5.41, 5.74) is 0.847. The van der Waals surface area contributed by atoms with Gasteiger partial charge in [0.15, 0.2) is 0 Å². The van der Waals surface area contributed by atoms with E-state index >= 15 is 0 Å². The van der Waals surface area contributed by atoms with Crippen LogP contribution in [-0.4, -0.2) is 57.7 Å². The second-order valence-corrected chi connectivity index (χ2v) is 4.58. The van der Waals surface area contributed by atoms with Crippen molar-refractivity contribution in [3.63, 3.8) is 0 Å². The molecule has 6 nitrogen and oxygen atoms in total. The first kappa shape index (κ1) is 14.2. The summed E-state index contributed by atoms with van der Waals surface area (Å²) in [6.07, 6.45) is -6.31. The van der Waals surface area contributed by atoms with Gasteiger partial charge in [-0.3, -0.25) is 0 Å². The predicted molar refractivity (Wildman–Crippen MR) is 65.6 cm³/mol. The highest BCUT2D eigenvalue weighted by Crippen LogP contribution is 2.25. The van der Waals surface area contributed by atoms with Crippen molar-refractivity contribution < 1.29 is 29.9 Å². The second-order valence-electron chi connectivity index (χ2n) is 4.58. The van der Waals surface area contributed by atoms with Crippen LogP contribution in [0.2, 0.25) is 0 Å². The Kier molecular flexibility index (Phi) is 4.38. The van der Waals surface area contributed by atoms with E-state index in [0.29, 0.717) is 5.75 Å². The molecule has 0 radical (unpaired) electrons. The molecule has 0 spiro atoms. The molecule has 1 aliphatic heterocycles. The Morgan fingerprint density at radius 2 is 1.79 bits per heavy atom. The summed E-state index contributed by atoms with van der Waals surface area (Å²) in [5, 5.41) is 38.2. The zero-order valence-electron chi connectivity index (χ0n) is 10.5. The van der Waals surface area contributed by atoms with Gasteiger partial charge in [0.2, 0.25) is 6.29 Å². The molecule has 106 valence electrons. The molecule has 19 heavy (non-hydrogen) atoms. The molecule has 2 rings (SSSR count). The van der Waals surface area contributed by atoms with Crippen molar-refractivity contribution in [2.24, 2.45) is 0 Å². The van der Waals surface area contributed by atoms with E-state index in [-0.39, 0.29) is 0 Å². The van der Waals surface area contributed by atoms with Gasteiger partial charge in [-0.2, -0.15) is 0 Å². The third-order valence-electron chi connectivity index (χ3n) is 3.19. The minimum Gasteiger partial charge on any atom is -0.462 e. The van der Waals surface area contributed by atoms with Crippen LogP contribution in [0.1, 0.15) is 5.56 Å². The van der Waals surface area contributed by atoms with Crippen molar-refractivity contribution in [2.75, 3.05) is 6.61 Å². The first-order valence-corrected chi connectivity index (χ1v) is 6.07. The molecule has 4 N–H and O–H groups in total. The lowest BCUT2D eigenvalue weighted by Crippen LogP contribution is -2.60. The fraction of sp³-hybridized carbons (Fsp3) is 0.538. The van der Waals surface area contributed by atoms with Crippen LogP contribution in [0.15, 0.2) is 24.3 Å². The van der Waals surface area contributed by atoms with Gasteiger partial charge in [0.05, 0.1) is 6.61 Å². The minimum atomic E-state index is -1.43. The van der Waals surface area contributed by atoms with E-state index in [4.69, 9.17) is 14.6 Å². The number of rotatable bonds is 3. The van der Waals surface area contributed by atoms with Crippen molar-refractivity contribution in [1.29, 1.82) is 0 Å². The van der Waals surface area contributed by atoms with Crippen LogP contribution < -0.4 is 4.74 Å². The van der Waals surface area contributed by atoms with E-state index in [0.717, 1.165) is 5.56 Å². The third-order valence-corrected chi connectivity index (χ3v) is 3.19. The molecule has 1 aromatic carbocycles. The Hall–Kier alpha value is -1.18. The van der Waals surface area contributed by atoms with Crippen LogP contribution >= 0.6 is 0 Å². The third kappa shape index (κ3) is 2.88. The summed E-state index contributed by atoms with van der Waals surface area (Å²) < 4.78 is 10.8. The zero-order valence-corrected chi connectivity index (χ0v) is 10.5. The molecule has 1 saturated heterocycles. The fourth-order valence-electron chi connectivity index (χ4n) is 1.98. The number of para-hydroxylation sites is 1. The molecule has 0 saturated carbocycles. The van der Waals surface area contributed by atoms with E-state index in [1.807, 2.05) is 19.1 Å². The van der Waals surface area contributed by atoms with Gasteiger partial charge in [0.1, 0.15) is 30.2 Å². The molecule has 1 fully saturated rings. The van der Waals surface area contributed by atoms with Crippen molar-refractivity contribution in [3.8, 4) is 5.75 Å². The van der Waals surface area contributed by atoms with E-state index < -0.39 is 37.3 Å². The van der Waals surface area contributed by atoms with Gasteiger partial charge in [-0.1, -0.05) is 18.2 Å². The smallest absolute Gasteiger partial charge is 0.229 e. The van der Waals surface area contributed by atoms with Crippen LogP contribution in [-0.2, 0) is 4.74 Å². The number of aryl methyl sites for hydroxylation is 1. The highest BCUT2D eigenvalue weighted by molar-refractivity contribution is 5.31. The molecule has 1 aromatic rings. The van der Waals surface area contributed by atoms with E-state index in [1.54, 1.807) is 12.1 Å². The fourth-order valence-corrected chi connectivity index (χ4v) is 1.98. The van der Waals surface area contributed by atoms with Gasteiger partial charge >= 0.3 is 0 Å². The van der Waals surface area contributed by atoms with E-state index in [1.165, 1.54) is 0 Å². The lowest BCUT2D eigenvalue weighted by atomic mass is 9.99. The molecule has 0 amide bonds. The summed E-state index contributed by atoms with van der Waals surface area (Å²) in [6, 6.07) is 7.15. The Balaban J connectivity index is 2.13. The van der Waals surface area contributed by atoms with Gasteiger partial charge in [-0.15, -0.1) is 0 Å². The van der Waals surface area contributed by atoms with Crippen molar-refractivity contribution >= 4 is 0 Å². The first-order valence-electron chi connectivity index (χ1n) is 6.07. The SMILES string of the molecule is Cc1ccccc1O[C@@H]1O[C@H](CO)[C@H](O)[C@H](O)[C@@H]1O. The summed E-state index contributed by atoms with van der Waals surface area (Å²) in [5.74, 6) is 0.506. The number of hydrogen-bond donors (Lipinski definition) is 4. The van der Waals surface area contributed by atoms with Crippen molar-refractivity contribution in [2.45, 2.75) is 37.6 Å². The predicted octanol–water partition coefficient (Wildman–Crippen LogP) is -0.826. The molecule has 6 heteroatoms. The van der Waals surface area contributed by atoms with Crippen LogP contribution in [0.25, 0.3) is 0 Å². The lowest BCUT2D eigenvalue weighted by molar-refractivity contribution is -0.277. The molecule has 1 aliphatic rings. The maximum Gasteiger partial charge on any atom is 0.229 e.